The van der Waals surface area contributed by atoms with Crippen LogP contribution in [0.4, 0.5) is 0 Å². The normalized spacial score (nSPS) is 19.1. The van der Waals surface area contributed by atoms with Gasteiger partial charge in [-0.15, -0.1) is 6.58 Å². The lowest BCUT2D eigenvalue weighted by atomic mass is 9.93. The first-order valence-electron chi connectivity index (χ1n) is 6.51. The molecule has 1 aromatic carbocycles. The molecule has 1 aliphatic rings. The molecule has 1 aromatic rings. The lowest BCUT2D eigenvalue weighted by Gasteiger charge is -2.35. The second-order valence-corrected chi connectivity index (χ2v) is 4.92. The van der Waals surface area contributed by atoms with Crippen LogP contribution in [0.15, 0.2) is 36.9 Å². The number of carboxylic acids is 1. The highest BCUT2D eigenvalue weighted by Gasteiger charge is 2.35. The predicted octanol–water partition coefficient (Wildman–Crippen LogP) is 0.928. The number of carbonyl (C=O) groups is 2. The summed E-state index contributed by atoms with van der Waals surface area (Å²) < 4.78 is 0. The summed E-state index contributed by atoms with van der Waals surface area (Å²) >= 11 is 0. The number of nitrogens with two attached hydrogens (primary N) is 1. The van der Waals surface area contributed by atoms with E-state index in [4.69, 9.17) is 5.73 Å². The van der Waals surface area contributed by atoms with E-state index in [1.807, 2.05) is 24.3 Å². The van der Waals surface area contributed by atoms with E-state index in [1.54, 1.807) is 6.08 Å². The van der Waals surface area contributed by atoms with E-state index in [1.165, 1.54) is 4.90 Å². The van der Waals surface area contributed by atoms with E-state index in [-0.39, 0.29) is 12.5 Å². The topological polar surface area (TPSA) is 83.6 Å². The maximum Gasteiger partial charge on any atom is 0.326 e. The molecule has 0 fully saturated rings. The van der Waals surface area contributed by atoms with Crippen LogP contribution in [0.3, 0.4) is 0 Å². The minimum atomic E-state index is -1.00. The van der Waals surface area contributed by atoms with Gasteiger partial charge in [0.15, 0.2) is 0 Å². The van der Waals surface area contributed by atoms with Crippen LogP contribution in [0.2, 0.25) is 0 Å². The number of rotatable bonds is 4. The number of benzene rings is 1. The summed E-state index contributed by atoms with van der Waals surface area (Å²) in [6.45, 7) is 3.84. The van der Waals surface area contributed by atoms with Gasteiger partial charge >= 0.3 is 5.97 Å². The second kappa shape index (κ2) is 5.88. The fourth-order valence-electron chi connectivity index (χ4n) is 2.47. The number of carboxylic acid groups (broad SMARTS) is 1. The van der Waals surface area contributed by atoms with Gasteiger partial charge in [0.1, 0.15) is 6.04 Å². The van der Waals surface area contributed by atoms with E-state index in [2.05, 4.69) is 6.58 Å². The molecule has 20 heavy (non-hydrogen) atoms. The van der Waals surface area contributed by atoms with Gasteiger partial charge in [0.2, 0.25) is 5.91 Å². The number of aliphatic carboxylic acids is 1. The largest absolute Gasteiger partial charge is 0.480 e. The van der Waals surface area contributed by atoms with E-state index < -0.39 is 18.1 Å². The lowest BCUT2D eigenvalue weighted by Crippen LogP contribution is -2.53. The van der Waals surface area contributed by atoms with Crippen LogP contribution in [0.5, 0.6) is 0 Å². The average molecular weight is 274 g/mol. The molecule has 106 valence electrons. The molecular weight excluding hydrogens is 256 g/mol. The molecule has 3 N–H and O–H groups in total. The lowest BCUT2D eigenvalue weighted by molar-refractivity contribution is -0.151. The number of hydrogen-bond acceptors (Lipinski definition) is 3. The van der Waals surface area contributed by atoms with Crippen molar-refractivity contribution in [2.45, 2.75) is 31.5 Å². The smallest absolute Gasteiger partial charge is 0.326 e. The molecule has 0 radical (unpaired) electrons. The molecule has 2 rings (SSSR count). The molecule has 1 unspecified atom stereocenters. The van der Waals surface area contributed by atoms with E-state index >= 15 is 0 Å². The van der Waals surface area contributed by atoms with Crippen molar-refractivity contribution in [1.29, 1.82) is 0 Å². The van der Waals surface area contributed by atoms with Gasteiger partial charge in [-0.3, -0.25) is 4.79 Å². The van der Waals surface area contributed by atoms with Crippen molar-refractivity contribution in [2.75, 3.05) is 0 Å². The quantitative estimate of drug-likeness (QED) is 0.800. The molecule has 1 heterocycles. The van der Waals surface area contributed by atoms with Crippen molar-refractivity contribution in [3.05, 3.63) is 48.0 Å². The van der Waals surface area contributed by atoms with Gasteiger partial charge in [-0.25, -0.2) is 4.79 Å². The van der Waals surface area contributed by atoms with Gasteiger partial charge in [0.05, 0.1) is 6.04 Å². The Labute approximate surface area is 117 Å². The number of carbonyl (C=O) groups excluding carboxylic acids is 1. The van der Waals surface area contributed by atoms with Gasteiger partial charge in [-0.05, 0) is 17.5 Å². The standard InChI is InChI=1S/C15H18N2O3/c1-2-5-12(16)14(18)17-9-11-7-4-3-6-10(11)8-13(17)15(19)20/h2-4,6-7,12-13H,1,5,8-9,16H2,(H,19,20)/t12?,13-/m0/s1. The van der Waals surface area contributed by atoms with Crippen molar-refractivity contribution >= 4 is 11.9 Å². The Kier molecular flexibility index (Phi) is 4.20. The summed E-state index contributed by atoms with van der Waals surface area (Å²) in [5.74, 6) is -1.34. The van der Waals surface area contributed by atoms with Crippen molar-refractivity contribution in [3.8, 4) is 0 Å². The van der Waals surface area contributed by atoms with Crippen LogP contribution in [-0.2, 0) is 22.6 Å². The monoisotopic (exact) mass is 274 g/mol. The number of amides is 1. The van der Waals surface area contributed by atoms with E-state index in [0.717, 1.165) is 11.1 Å². The Morgan fingerprint density at radius 2 is 2.10 bits per heavy atom. The summed E-state index contributed by atoms with van der Waals surface area (Å²) in [6.07, 6.45) is 2.22. The molecule has 0 aromatic heterocycles. The molecule has 5 heteroatoms. The Bertz CT molecular complexity index is 542. The Morgan fingerprint density at radius 1 is 1.45 bits per heavy atom. The summed E-state index contributed by atoms with van der Waals surface area (Å²) in [4.78, 5) is 25.1. The highest BCUT2D eigenvalue weighted by atomic mass is 16.4. The first kappa shape index (κ1) is 14.3. The van der Waals surface area contributed by atoms with Crippen LogP contribution in [0.1, 0.15) is 17.5 Å². The molecule has 2 atom stereocenters. The summed E-state index contributed by atoms with van der Waals surface area (Å²) in [7, 11) is 0. The molecule has 0 aliphatic carbocycles. The zero-order valence-electron chi connectivity index (χ0n) is 11.2. The number of hydrogen-bond donors (Lipinski definition) is 2. The molecule has 0 bridgehead atoms. The van der Waals surface area contributed by atoms with Crippen LogP contribution in [0, 0.1) is 0 Å². The van der Waals surface area contributed by atoms with Gasteiger partial charge < -0.3 is 15.7 Å². The Balaban J connectivity index is 2.28. The predicted molar refractivity (Wildman–Crippen MR) is 74.9 cm³/mol. The first-order chi connectivity index (χ1) is 9.54. The first-order valence-corrected chi connectivity index (χ1v) is 6.51. The molecule has 0 saturated carbocycles. The number of fused-ring (bicyclic) bond motifs is 1. The van der Waals surface area contributed by atoms with E-state index in [9.17, 15) is 14.7 Å². The van der Waals surface area contributed by atoms with Gasteiger partial charge in [-0.1, -0.05) is 30.3 Å². The maximum atomic E-state index is 12.3. The SMILES string of the molecule is C=CCC(N)C(=O)N1Cc2ccccc2C[C@H]1C(=O)O. The minimum Gasteiger partial charge on any atom is -0.480 e. The third kappa shape index (κ3) is 2.72. The van der Waals surface area contributed by atoms with Crippen LogP contribution in [0.25, 0.3) is 0 Å². The second-order valence-electron chi connectivity index (χ2n) is 4.92. The summed E-state index contributed by atoms with van der Waals surface area (Å²) in [5.41, 5.74) is 7.73. The third-order valence-electron chi connectivity index (χ3n) is 3.55. The van der Waals surface area contributed by atoms with Crippen molar-refractivity contribution in [2.24, 2.45) is 5.73 Å². The van der Waals surface area contributed by atoms with Crippen LogP contribution >= 0.6 is 0 Å². The van der Waals surface area contributed by atoms with Gasteiger partial charge in [0, 0.05) is 13.0 Å². The fourth-order valence-corrected chi connectivity index (χ4v) is 2.47. The van der Waals surface area contributed by atoms with Gasteiger partial charge in [-0.2, -0.15) is 0 Å². The highest BCUT2D eigenvalue weighted by Crippen LogP contribution is 2.24. The number of nitrogens with zero attached hydrogens (tertiary/aromatic N) is 1. The summed E-state index contributed by atoms with van der Waals surface area (Å²) in [5, 5.41) is 9.34. The zero-order valence-corrected chi connectivity index (χ0v) is 11.2. The van der Waals surface area contributed by atoms with Crippen molar-refractivity contribution in [1.82, 2.24) is 4.90 Å². The average Bonchev–Trinajstić information content (AvgIpc) is 2.45. The molecule has 1 aliphatic heterocycles. The zero-order chi connectivity index (χ0) is 14.7. The highest BCUT2D eigenvalue weighted by molar-refractivity contribution is 5.87. The molecule has 0 spiro atoms. The minimum absolute atomic E-state index is 0.289. The van der Waals surface area contributed by atoms with Crippen LogP contribution in [-0.4, -0.2) is 34.0 Å². The molecular formula is C15H18N2O3. The molecule has 0 saturated heterocycles. The maximum absolute atomic E-state index is 12.3. The van der Waals surface area contributed by atoms with Crippen molar-refractivity contribution < 1.29 is 14.7 Å². The Morgan fingerprint density at radius 3 is 2.70 bits per heavy atom. The van der Waals surface area contributed by atoms with Crippen LogP contribution < -0.4 is 5.73 Å². The van der Waals surface area contributed by atoms with E-state index in [0.29, 0.717) is 12.8 Å². The summed E-state index contributed by atoms with van der Waals surface area (Å²) in [6, 6.07) is 5.97. The van der Waals surface area contributed by atoms with Gasteiger partial charge in [0.25, 0.3) is 0 Å². The van der Waals surface area contributed by atoms with Crippen molar-refractivity contribution in [3.63, 3.8) is 0 Å². The third-order valence-corrected chi connectivity index (χ3v) is 3.55. The Hall–Kier alpha value is -2.14. The molecule has 5 nitrogen and oxygen atoms in total. The molecule has 1 amide bonds. The fraction of sp³-hybridized carbons (Fsp3) is 0.333.